The molecule has 20 heavy (non-hydrogen) atoms. The van der Waals surface area contributed by atoms with E-state index < -0.39 is 0 Å². The molecule has 1 aliphatic rings. The van der Waals surface area contributed by atoms with E-state index in [1.807, 2.05) is 4.90 Å². The van der Waals surface area contributed by atoms with Crippen LogP contribution in [0, 0.1) is 0 Å². The van der Waals surface area contributed by atoms with Crippen molar-refractivity contribution in [2.24, 2.45) is 0 Å². The molecule has 1 aliphatic heterocycles. The lowest BCUT2D eigenvalue weighted by Crippen LogP contribution is -2.41. The van der Waals surface area contributed by atoms with Gasteiger partial charge in [0.25, 0.3) is 0 Å². The van der Waals surface area contributed by atoms with Gasteiger partial charge in [-0.3, -0.25) is 10.1 Å². The van der Waals surface area contributed by atoms with Crippen LogP contribution in [-0.2, 0) is 9.53 Å². The van der Waals surface area contributed by atoms with E-state index in [0.717, 1.165) is 51.9 Å². The van der Waals surface area contributed by atoms with E-state index >= 15 is 0 Å². The number of hydrogen-bond donors (Lipinski definition) is 1. The summed E-state index contributed by atoms with van der Waals surface area (Å²) in [5.74, 6) is 0.283. The van der Waals surface area contributed by atoms with Crippen molar-refractivity contribution in [1.82, 2.24) is 15.1 Å². The summed E-state index contributed by atoms with van der Waals surface area (Å²) in [4.78, 5) is 16.7. The number of unbranched alkanes of at least 4 members (excludes halogenated alkanes) is 1. The van der Waals surface area contributed by atoms with E-state index in [1.165, 1.54) is 0 Å². The van der Waals surface area contributed by atoms with Crippen molar-refractivity contribution in [3.63, 3.8) is 0 Å². The summed E-state index contributed by atoms with van der Waals surface area (Å²) < 4.78 is 5.07. The van der Waals surface area contributed by atoms with Crippen molar-refractivity contribution in [3.05, 3.63) is 0 Å². The number of methoxy groups -OCH3 is 1. The van der Waals surface area contributed by atoms with Gasteiger partial charge in [-0.25, -0.2) is 0 Å². The highest BCUT2D eigenvalue weighted by molar-refractivity contribution is 5.84. The van der Waals surface area contributed by atoms with E-state index in [4.69, 9.17) is 4.74 Å². The molecule has 0 saturated carbocycles. The zero-order valence-corrected chi connectivity index (χ0v) is 13.5. The molecule has 1 heterocycles. The first-order valence-electron chi connectivity index (χ1n) is 7.88. The average Bonchev–Trinajstić information content (AvgIpc) is 2.76. The molecule has 2 unspecified atom stereocenters. The predicted octanol–water partition coefficient (Wildman–Crippen LogP) is 1.29. The Morgan fingerprint density at radius 1 is 1.35 bits per heavy atom. The highest BCUT2D eigenvalue weighted by atomic mass is 16.5. The summed E-state index contributed by atoms with van der Waals surface area (Å²) in [6.45, 7) is 7.63. The smallest absolute Gasteiger partial charge is 0.241 e. The molecular formula is C15H31N3O2. The SMILES string of the molecule is CCCCC1NC(CC)N(CCN(C)CCOC)C1=O. The average molecular weight is 285 g/mol. The molecule has 0 aliphatic carbocycles. The molecule has 1 rings (SSSR count). The fourth-order valence-corrected chi connectivity index (χ4v) is 2.60. The molecule has 0 aromatic rings. The number of carbonyl (C=O) groups is 1. The fourth-order valence-electron chi connectivity index (χ4n) is 2.60. The Morgan fingerprint density at radius 3 is 2.70 bits per heavy atom. The van der Waals surface area contributed by atoms with Gasteiger partial charge in [0.05, 0.1) is 18.8 Å². The molecule has 118 valence electrons. The first-order chi connectivity index (χ1) is 9.63. The zero-order valence-electron chi connectivity index (χ0n) is 13.5. The van der Waals surface area contributed by atoms with E-state index in [9.17, 15) is 4.79 Å². The Bertz CT molecular complexity index is 286. The van der Waals surface area contributed by atoms with Gasteiger partial charge in [0.1, 0.15) is 0 Å². The van der Waals surface area contributed by atoms with E-state index in [2.05, 4.69) is 31.1 Å². The normalized spacial score (nSPS) is 23.1. The van der Waals surface area contributed by atoms with Gasteiger partial charge in [-0.2, -0.15) is 0 Å². The minimum absolute atomic E-state index is 0.0316. The summed E-state index contributed by atoms with van der Waals surface area (Å²) in [6.07, 6.45) is 4.39. The third kappa shape index (κ3) is 5.04. The van der Waals surface area contributed by atoms with Crippen LogP contribution < -0.4 is 5.32 Å². The maximum Gasteiger partial charge on any atom is 0.241 e. The topological polar surface area (TPSA) is 44.8 Å². The number of likely N-dealkylation sites (N-methyl/N-ethyl adjacent to an activating group) is 1. The van der Waals surface area contributed by atoms with Gasteiger partial charge in [-0.05, 0) is 19.9 Å². The van der Waals surface area contributed by atoms with Gasteiger partial charge in [-0.1, -0.05) is 26.7 Å². The lowest BCUT2D eigenvalue weighted by molar-refractivity contribution is -0.130. The number of amides is 1. The molecule has 0 aromatic heterocycles. The minimum Gasteiger partial charge on any atom is -0.383 e. The largest absolute Gasteiger partial charge is 0.383 e. The number of ether oxygens (including phenoxy) is 1. The first-order valence-corrected chi connectivity index (χ1v) is 7.88. The summed E-state index contributed by atoms with van der Waals surface area (Å²) in [5.41, 5.74) is 0. The molecule has 0 spiro atoms. The standard InChI is InChI=1S/C15H31N3O2/c1-5-7-8-13-15(19)18(14(6-2)16-13)10-9-17(3)11-12-20-4/h13-14,16H,5-12H2,1-4H3. The number of nitrogens with one attached hydrogen (secondary N) is 1. The number of carbonyl (C=O) groups excluding carboxylic acids is 1. The third-order valence-corrected chi connectivity index (χ3v) is 3.98. The molecule has 5 nitrogen and oxygen atoms in total. The molecule has 1 fully saturated rings. The second-order valence-corrected chi connectivity index (χ2v) is 5.61. The molecule has 0 radical (unpaired) electrons. The predicted molar refractivity (Wildman–Crippen MR) is 81.6 cm³/mol. The molecular weight excluding hydrogens is 254 g/mol. The van der Waals surface area contributed by atoms with Crippen LogP contribution in [-0.4, -0.2) is 68.3 Å². The Labute approximate surface area is 123 Å². The molecule has 5 heteroatoms. The molecule has 1 saturated heterocycles. The second kappa shape index (κ2) is 9.32. The molecule has 1 amide bonds. The van der Waals surface area contributed by atoms with Crippen LogP contribution in [0.1, 0.15) is 39.5 Å². The van der Waals surface area contributed by atoms with Crippen LogP contribution in [0.15, 0.2) is 0 Å². The van der Waals surface area contributed by atoms with Crippen molar-refractivity contribution >= 4 is 5.91 Å². The number of hydrogen-bond acceptors (Lipinski definition) is 4. The Morgan fingerprint density at radius 2 is 2.10 bits per heavy atom. The van der Waals surface area contributed by atoms with Gasteiger partial charge in [-0.15, -0.1) is 0 Å². The first kappa shape index (κ1) is 17.4. The lowest BCUT2D eigenvalue weighted by Gasteiger charge is -2.26. The number of nitrogens with zero attached hydrogens (tertiary/aromatic N) is 2. The van der Waals surface area contributed by atoms with E-state index in [-0.39, 0.29) is 18.1 Å². The third-order valence-electron chi connectivity index (χ3n) is 3.98. The van der Waals surface area contributed by atoms with Crippen LogP contribution in [0.3, 0.4) is 0 Å². The van der Waals surface area contributed by atoms with Crippen molar-refractivity contribution in [1.29, 1.82) is 0 Å². The van der Waals surface area contributed by atoms with Gasteiger partial charge >= 0.3 is 0 Å². The highest BCUT2D eigenvalue weighted by Gasteiger charge is 2.36. The molecule has 1 N–H and O–H groups in total. The Hall–Kier alpha value is -0.650. The van der Waals surface area contributed by atoms with E-state index in [1.54, 1.807) is 7.11 Å². The van der Waals surface area contributed by atoms with Crippen molar-refractivity contribution in [3.8, 4) is 0 Å². The highest BCUT2D eigenvalue weighted by Crippen LogP contribution is 2.17. The number of rotatable bonds is 10. The minimum atomic E-state index is 0.0316. The lowest BCUT2D eigenvalue weighted by atomic mass is 10.1. The summed E-state index contributed by atoms with van der Waals surface area (Å²) in [7, 11) is 3.79. The van der Waals surface area contributed by atoms with Crippen LogP contribution in [0.25, 0.3) is 0 Å². The van der Waals surface area contributed by atoms with E-state index in [0.29, 0.717) is 0 Å². The van der Waals surface area contributed by atoms with Gasteiger partial charge in [0.2, 0.25) is 5.91 Å². The summed E-state index contributed by atoms with van der Waals surface area (Å²) in [5, 5.41) is 3.48. The second-order valence-electron chi connectivity index (χ2n) is 5.61. The molecule has 0 aromatic carbocycles. The van der Waals surface area contributed by atoms with Crippen molar-refractivity contribution < 1.29 is 9.53 Å². The van der Waals surface area contributed by atoms with Gasteiger partial charge in [0, 0.05) is 26.7 Å². The molecule has 0 bridgehead atoms. The monoisotopic (exact) mass is 285 g/mol. The van der Waals surface area contributed by atoms with Crippen molar-refractivity contribution in [2.75, 3.05) is 40.4 Å². The fraction of sp³-hybridized carbons (Fsp3) is 0.933. The quantitative estimate of drug-likeness (QED) is 0.657. The summed E-state index contributed by atoms with van der Waals surface area (Å²) in [6, 6.07) is 0.0316. The van der Waals surface area contributed by atoms with Crippen LogP contribution in [0.5, 0.6) is 0 Å². The maximum absolute atomic E-state index is 12.4. The van der Waals surface area contributed by atoms with Crippen LogP contribution in [0.4, 0.5) is 0 Å². The van der Waals surface area contributed by atoms with Crippen LogP contribution in [0.2, 0.25) is 0 Å². The molecule has 2 atom stereocenters. The Kier molecular flexibility index (Phi) is 8.11. The maximum atomic E-state index is 12.4. The van der Waals surface area contributed by atoms with Crippen LogP contribution >= 0.6 is 0 Å². The van der Waals surface area contributed by atoms with Gasteiger partial charge < -0.3 is 14.5 Å². The summed E-state index contributed by atoms with van der Waals surface area (Å²) >= 11 is 0. The Balaban J connectivity index is 2.43. The zero-order chi connectivity index (χ0) is 15.0. The van der Waals surface area contributed by atoms with Crippen molar-refractivity contribution in [2.45, 2.75) is 51.7 Å². The van der Waals surface area contributed by atoms with Gasteiger partial charge in [0.15, 0.2) is 0 Å².